The molecule has 0 aliphatic carbocycles. The maximum absolute atomic E-state index is 12.8. The Balaban J connectivity index is 1.94. The molecule has 0 aliphatic heterocycles. The van der Waals surface area contributed by atoms with Crippen molar-refractivity contribution in [2.75, 3.05) is 18.2 Å². The number of aliphatic hydroxyl groups excluding tert-OH is 1. The van der Waals surface area contributed by atoms with Crippen LogP contribution in [-0.4, -0.2) is 29.2 Å². The standard InChI is InChI=1S/C24H27NO4S/c1-24(2,14-15-26)22(20-12-13-21(27)19-7-5-4-6-18(19)20)29-23(28)25-16-8-10-17(30-3)11-9-16/h4-13,22,26-27H,14-15H2,1-3H3,(H,25,28)/t22-/m1/s1. The highest BCUT2D eigenvalue weighted by molar-refractivity contribution is 7.98. The first-order valence-corrected chi connectivity index (χ1v) is 11.0. The van der Waals surface area contributed by atoms with Gasteiger partial charge < -0.3 is 14.9 Å². The lowest BCUT2D eigenvalue weighted by Gasteiger charge is -2.34. The highest BCUT2D eigenvalue weighted by atomic mass is 32.2. The van der Waals surface area contributed by atoms with Crippen LogP contribution in [0, 0.1) is 5.41 Å². The van der Waals surface area contributed by atoms with Crippen molar-refractivity contribution in [3.05, 3.63) is 66.2 Å². The Morgan fingerprint density at radius 1 is 1.07 bits per heavy atom. The second-order valence-corrected chi connectivity index (χ2v) is 8.70. The zero-order valence-corrected chi connectivity index (χ0v) is 18.2. The van der Waals surface area contributed by atoms with Gasteiger partial charge in [0.15, 0.2) is 0 Å². The molecule has 0 saturated heterocycles. The van der Waals surface area contributed by atoms with Gasteiger partial charge in [-0.25, -0.2) is 4.79 Å². The van der Waals surface area contributed by atoms with Crippen LogP contribution >= 0.6 is 11.8 Å². The van der Waals surface area contributed by atoms with E-state index in [1.54, 1.807) is 23.9 Å². The molecule has 0 fully saturated rings. The Morgan fingerprint density at radius 3 is 2.37 bits per heavy atom. The van der Waals surface area contributed by atoms with Gasteiger partial charge in [-0.3, -0.25) is 5.32 Å². The van der Waals surface area contributed by atoms with E-state index in [0.29, 0.717) is 17.5 Å². The number of ether oxygens (including phenoxy) is 1. The predicted molar refractivity (Wildman–Crippen MR) is 122 cm³/mol. The van der Waals surface area contributed by atoms with Crippen LogP contribution < -0.4 is 5.32 Å². The lowest BCUT2D eigenvalue weighted by atomic mass is 9.78. The number of rotatable bonds is 7. The summed E-state index contributed by atoms with van der Waals surface area (Å²) in [6.07, 6.45) is 1.25. The van der Waals surface area contributed by atoms with Crippen LogP contribution in [0.15, 0.2) is 65.6 Å². The van der Waals surface area contributed by atoms with Crippen molar-refractivity contribution in [1.29, 1.82) is 0 Å². The molecule has 0 radical (unpaired) electrons. The first-order chi connectivity index (χ1) is 14.4. The van der Waals surface area contributed by atoms with Gasteiger partial charge in [-0.05, 0) is 48.4 Å². The van der Waals surface area contributed by atoms with Crippen LogP contribution in [0.3, 0.4) is 0 Å². The second kappa shape index (κ2) is 9.41. The van der Waals surface area contributed by atoms with E-state index < -0.39 is 17.6 Å². The fourth-order valence-corrected chi connectivity index (χ4v) is 3.94. The van der Waals surface area contributed by atoms with Gasteiger partial charge in [0.1, 0.15) is 11.9 Å². The molecular formula is C24H27NO4S. The van der Waals surface area contributed by atoms with Gasteiger partial charge >= 0.3 is 6.09 Å². The summed E-state index contributed by atoms with van der Waals surface area (Å²) in [7, 11) is 0. The summed E-state index contributed by atoms with van der Waals surface area (Å²) in [6.45, 7) is 3.88. The summed E-state index contributed by atoms with van der Waals surface area (Å²) in [5, 5.41) is 24.1. The van der Waals surface area contributed by atoms with Gasteiger partial charge in [0.25, 0.3) is 0 Å². The number of anilines is 1. The number of phenols is 1. The summed E-state index contributed by atoms with van der Waals surface area (Å²) in [5.74, 6) is 0.173. The topological polar surface area (TPSA) is 78.8 Å². The maximum atomic E-state index is 12.8. The van der Waals surface area contributed by atoms with Gasteiger partial charge in [0, 0.05) is 33.6 Å². The minimum absolute atomic E-state index is 0.0271. The van der Waals surface area contributed by atoms with Crippen LogP contribution in [0.25, 0.3) is 10.8 Å². The summed E-state index contributed by atoms with van der Waals surface area (Å²) in [4.78, 5) is 13.9. The third kappa shape index (κ3) is 4.89. The normalized spacial score (nSPS) is 12.5. The lowest BCUT2D eigenvalue weighted by molar-refractivity contribution is 0.0161. The van der Waals surface area contributed by atoms with Crippen molar-refractivity contribution >= 4 is 34.3 Å². The SMILES string of the molecule is CSc1ccc(NC(=O)O[C@H](c2ccc(O)c3ccccc23)C(C)(C)CCO)cc1. The molecule has 3 aromatic rings. The van der Waals surface area contributed by atoms with Crippen molar-refractivity contribution in [3.63, 3.8) is 0 Å². The molecule has 6 heteroatoms. The Labute approximate surface area is 181 Å². The highest BCUT2D eigenvalue weighted by Gasteiger charge is 2.35. The number of amides is 1. The van der Waals surface area contributed by atoms with Gasteiger partial charge in [0.05, 0.1) is 0 Å². The quantitative estimate of drug-likeness (QED) is 0.407. The molecule has 3 aromatic carbocycles. The average molecular weight is 426 g/mol. The lowest BCUT2D eigenvalue weighted by Crippen LogP contribution is -2.30. The van der Waals surface area contributed by atoms with E-state index in [-0.39, 0.29) is 12.4 Å². The third-order valence-electron chi connectivity index (χ3n) is 5.24. The van der Waals surface area contributed by atoms with Gasteiger partial charge in [0.2, 0.25) is 0 Å². The number of hydrogen-bond acceptors (Lipinski definition) is 5. The second-order valence-electron chi connectivity index (χ2n) is 7.82. The van der Waals surface area contributed by atoms with E-state index in [1.165, 1.54) is 0 Å². The summed E-state index contributed by atoms with van der Waals surface area (Å²) < 4.78 is 5.91. The Bertz CT molecular complexity index is 1020. The molecule has 0 heterocycles. The fraction of sp³-hybridized carbons (Fsp3) is 0.292. The molecule has 5 nitrogen and oxygen atoms in total. The van der Waals surface area contributed by atoms with Gasteiger partial charge in [-0.1, -0.05) is 44.2 Å². The largest absolute Gasteiger partial charge is 0.507 e. The Hall–Kier alpha value is -2.70. The monoisotopic (exact) mass is 425 g/mol. The molecule has 0 aromatic heterocycles. The number of aromatic hydroxyl groups is 1. The molecule has 3 rings (SSSR count). The molecule has 1 atom stereocenters. The van der Waals surface area contributed by atoms with Gasteiger partial charge in [-0.2, -0.15) is 0 Å². The summed E-state index contributed by atoms with van der Waals surface area (Å²) in [6, 6.07) is 18.4. The van der Waals surface area contributed by atoms with E-state index in [9.17, 15) is 15.0 Å². The Morgan fingerprint density at radius 2 is 1.73 bits per heavy atom. The van der Waals surface area contributed by atoms with Crippen LogP contribution in [0.1, 0.15) is 31.9 Å². The predicted octanol–water partition coefficient (Wildman–Crippen LogP) is 5.97. The number of thioether (sulfide) groups is 1. The number of benzene rings is 3. The molecule has 0 spiro atoms. The highest BCUT2D eigenvalue weighted by Crippen LogP contribution is 2.43. The number of hydrogen-bond donors (Lipinski definition) is 3. The molecular weight excluding hydrogens is 398 g/mol. The summed E-state index contributed by atoms with van der Waals surface area (Å²) >= 11 is 1.63. The van der Waals surface area contributed by atoms with Gasteiger partial charge in [-0.15, -0.1) is 11.8 Å². The molecule has 30 heavy (non-hydrogen) atoms. The molecule has 158 valence electrons. The first-order valence-electron chi connectivity index (χ1n) is 9.79. The number of phenolic OH excluding ortho intramolecular Hbond substituents is 1. The minimum Gasteiger partial charge on any atom is -0.507 e. The van der Waals surface area contributed by atoms with Crippen molar-refractivity contribution in [1.82, 2.24) is 0 Å². The Kier molecular flexibility index (Phi) is 6.90. The molecule has 0 bridgehead atoms. The van der Waals surface area contributed by atoms with E-state index in [2.05, 4.69) is 5.32 Å². The summed E-state index contributed by atoms with van der Waals surface area (Å²) in [5.41, 5.74) is 0.899. The molecule has 0 aliphatic rings. The molecule has 1 amide bonds. The number of nitrogens with one attached hydrogen (secondary N) is 1. The van der Waals surface area contributed by atoms with E-state index in [4.69, 9.17) is 4.74 Å². The third-order valence-corrected chi connectivity index (χ3v) is 5.99. The molecule has 3 N–H and O–H groups in total. The van der Waals surface area contributed by atoms with Crippen molar-refractivity contribution in [2.45, 2.75) is 31.3 Å². The minimum atomic E-state index is -0.624. The van der Waals surface area contributed by atoms with Crippen molar-refractivity contribution in [3.8, 4) is 5.75 Å². The van der Waals surface area contributed by atoms with E-state index >= 15 is 0 Å². The van der Waals surface area contributed by atoms with Crippen molar-refractivity contribution < 1.29 is 19.7 Å². The number of carbonyl (C=O) groups excluding carboxylic acids is 1. The number of aliphatic hydroxyl groups is 1. The van der Waals surface area contributed by atoms with Crippen LogP contribution in [0.5, 0.6) is 5.75 Å². The molecule has 0 unspecified atom stereocenters. The molecule has 0 saturated carbocycles. The smallest absolute Gasteiger partial charge is 0.412 e. The maximum Gasteiger partial charge on any atom is 0.412 e. The first kappa shape index (κ1) is 22.0. The van der Waals surface area contributed by atoms with Crippen LogP contribution in [0.4, 0.5) is 10.5 Å². The zero-order chi connectivity index (χ0) is 21.7. The van der Waals surface area contributed by atoms with E-state index in [0.717, 1.165) is 15.8 Å². The van der Waals surface area contributed by atoms with Crippen LogP contribution in [-0.2, 0) is 4.74 Å². The zero-order valence-electron chi connectivity index (χ0n) is 17.4. The number of fused-ring (bicyclic) bond motifs is 1. The fourth-order valence-electron chi connectivity index (χ4n) is 3.53. The average Bonchev–Trinajstić information content (AvgIpc) is 2.73. The van der Waals surface area contributed by atoms with Crippen LogP contribution in [0.2, 0.25) is 0 Å². The van der Waals surface area contributed by atoms with E-state index in [1.807, 2.05) is 68.6 Å². The van der Waals surface area contributed by atoms with Crippen molar-refractivity contribution in [2.24, 2.45) is 5.41 Å². The number of carbonyl (C=O) groups is 1.